The van der Waals surface area contributed by atoms with Gasteiger partial charge in [0.2, 0.25) is 0 Å². The number of hydrogen-bond donors (Lipinski definition) is 3. The minimum Gasteiger partial charge on any atom is -0.303 e. The molecule has 3 N–H and O–H groups in total. The fourth-order valence-corrected chi connectivity index (χ4v) is 2.97. The van der Waals surface area contributed by atoms with Crippen molar-refractivity contribution in [2.75, 3.05) is 17.6 Å². The maximum atomic E-state index is 12.3. The van der Waals surface area contributed by atoms with Gasteiger partial charge in [0.1, 0.15) is 0 Å². The van der Waals surface area contributed by atoms with Gasteiger partial charge in [0, 0.05) is 17.6 Å². The van der Waals surface area contributed by atoms with Gasteiger partial charge >= 0.3 is 15.6 Å². The van der Waals surface area contributed by atoms with Gasteiger partial charge in [-0.25, -0.2) is 9.13 Å². The van der Waals surface area contributed by atoms with Gasteiger partial charge in [-0.15, -0.1) is 34.8 Å². The molecule has 0 aliphatic heterocycles. The zero-order valence-electron chi connectivity index (χ0n) is 12.3. The van der Waals surface area contributed by atoms with Gasteiger partial charge < -0.3 is 14.7 Å². The fourth-order valence-electron chi connectivity index (χ4n) is 0.820. The number of phosphoric acid groups is 2. The van der Waals surface area contributed by atoms with Gasteiger partial charge in [-0.1, -0.05) is 0 Å². The van der Waals surface area contributed by atoms with Gasteiger partial charge in [-0.3, -0.25) is 13.6 Å². The van der Waals surface area contributed by atoms with Crippen molar-refractivity contribution in [2.45, 2.75) is 39.1 Å². The van der Waals surface area contributed by atoms with Crippen LogP contribution in [0.3, 0.4) is 0 Å². The second-order valence-corrected chi connectivity index (χ2v) is 7.65. The van der Waals surface area contributed by atoms with E-state index in [4.69, 9.17) is 67.6 Å². The third-order valence-corrected chi connectivity index (χ3v) is 4.74. The van der Waals surface area contributed by atoms with Gasteiger partial charge in [0.25, 0.3) is 0 Å². The van der Waals surface area contributed by atoms with Crippen molar-refractivity contribution in [3.05, 3.63) is 0 Å². The zero-order valence-corrected chi connectivity index (χ0v) is 16.3. The van der Waals surface area contributed by atoms with Gasteiger partial charge in [-0.05, 0) is 20.8 Å². The minimum atomic E-state index is -4.64. The molecule has 0 heterocycles. The normalized spacial score (nSPS) is 18.6. The van der Waals surface area contributed by atoms with Crippen molar-refractivity contribution in [1.82, 2.24) is 0 Å². The molecule has 136 valence electrons. The summed E-state index contributed by atoms with van der Waals surface area (Å²) in [4.78, 5) is 21.6. The standard InChI is InChI=1S/C9H18Cl3O4P.H3O4P/c1-7(4-10)14-17(13,15-8(2)5-11)16-9(3)6-12;1-5(2,3)4/h7-9H,4-6H2,1-3H3;(H3,1,2,3,4). The van der Waals surface area contributed by atoms with Crippen molar-refractivity contribution in [1.29, 1.82) is 0 Å². The van der Waals surface area contributed by atoms with E-state index in [1.807, 2.05) is 0 Å². The second-order valence-electron chi connectivity index (χ2n) is 4.17. The molecule has 0 fully saturated rings. The minimum absolute atomic E-state index is 0.182. The van der Waals surface area contributed by atoms with Crippen LogP contribution < -0.4 is 0 Å². The number of halogens is 3. The Balaban J connectivity index is 0. The Kier molecular flexibility index (Phi) is 14.3. The van der Waals surface area contributed by atoms with Crippen molar-refractivity contribution < 1.29 is 37.4 Å². The summed E-state index contributed by atoms with van der Waals surface area (Å²) in [5.41, 5.74) is 0. The zero-order chi connectivity index (χ0) is 18.0. The highest BCUT2D eigenvalue weighted by atomic mass is 35.5. The Hall–Kier alpha value is 1.09. The molecule has 22 heavy (non-hydrogen) atoms. The lowest BCUT2D eigenvalue weighted by molar-refractivity contribution is 0.0583. The molecule has 3 atom stereocenters. The molecule has 0 aliphatic rings. The number of phosphoric ester groups is 1. The molecule has 0 amide bonds. The van der Waals surface area contributed by atoms with E-state index < -0.39 is 34.0 Å². The van der Waals surface area contributed by atoms with Crippen LogP contribution in [0.25, 0.3) is 0 Å². The van der Waals surface area contributed by atoms with Crippen LogP contribution in [0.4, 0.5) is 0 Å². The summed E-state index contributed by atoms with van der Waals surface area (Å²) in [7, 11) is -8.33. The molecule has 0 saturated carbocycles. The highest BCUT2D eigenvalue weighted by Crippen LogP contribution is 2.52. The largest absolute Gasteiger partial charge is 0.475 e. The molecule has 0 aromatic carbocycles. The van der Waals surface area contributed by atoms with Crippen LogP contribution in [0.5, 0.6) is 0 Å². The van der Waals surface area contributed by atoms with Gasteiger partial charge in [0.15, 0.2) is 0 Å². The number of alkyl halides is 3. The Labute approximate surface area is 144 Å². The molecule has 8 nitrogen and oxygen atoms in total. The van der Waals surface area contributed by atoms with E-state index >= 15 is 0 Å². The molecular formula is C9H21Cl3O8P2. The van der Waals surface area contributed by atoms with Crippen molar-refractivity contribution in [2.24, 2.45) is 0 Å². The fraction of sp³-hybridized carbons (Fsp3) is 1.00. The summed E-state index contributed by atoms with van der Waals surface area (Å²) >= 11 is 16.8. The molecular weight excluding hydrogens is 404 g/mol. The monoisotopic (exact) mass is 424 g/mol. The summed E-state index contributed by atoms with van der Waals surface area (Å²) < 4.78 is 36.7. The molecule has 0 rings (SSSR count). The first-order valence-corrected chi connectivity index (χ1v) is 10.6. The first-order valence-electron chi connectivity index (χ1n) is 5.98. The van der Waals surface area contributed by atoms with E-state index in [2.05, 4.69) is 0 Å². The summed E-state index contributed by atoms with van der Waals surface area (Å²) in [5, 5.41) is 0. The second kappa shape index (κ2) is 12.5. The van der Waals surface area contributed by atoms with E-state index in [-0.39, 0.29) is 17.6 Å². The summed E-state index contributed by atoms with van der Waals surface area (Å²) in [6.45, 7) is 5.01. The molecule has 0 spiro atoms. The molecule has 3 unspecified atom stereocenters. The van der Waals surface area contributed by atoms with Gasteiger partial charge in [-0.2, -0.15) is 0 Å². The van der Waals surface area contributed by atoms with Gasteiger partial charge in [0.05, 0.1) is 18.3 Å². The van der Waals surface area contributed by atoms with E-state index in [0.717, 1.165) is 0 Å². The van der Waals surface area contributed by atoms with E-state index in [1.165, 1.54) is 0 Å². The van der Waals surface area contributed by atoms with E-state index in [9.17, 15) is 4.57 Å². The van der Waals surface area contributed by atoms with Crippen molar-refractivity contribution in [3.8, 4) is 0 Å². The van der Waals surface area contributed by atoms with Crippen LogP contribution in [-0.2, 0) is 22.7 Å². The lowest BCUT2D eigenvalue weighted by atomic mass is 10.5. The Morgan fingerprint density at radius 2 is 0.955 bits per heavy atom. The molecule has 0 aliphatic carbocycles. The topological polar surface area (TPSA) is 123 Å². The van der Waals surface area contributed by atoms with Crippen LogP contribution >= 0.6 is 50.4 Å². The highest BCUT2D eigenvalue weighted by molar-refractivity contribution is 7.48. The van der Waals surface area contributed by atoms with E-state index in [1.54, 1.807) is 20.8 Å². The summed E-state index contributed by atoms with van der Waals surface area (Å²) in [6.07, 6.45) is -1.35. The number of hydrogen-bond acceptors (Lipinski definition) is 5. The summed E-state index contributed by atoms with van der Waals surface area (Å²) in [6, 6.07) is 0. The average molecular weight is 426 g/mol. The first-order chi connectivity index (χ1) is 9.86. The number of rotatable bonds is 9. The quantitative estimate of drug-likeness (QED) is 0.380. The van der Waals surface area contributed by atoms with Crippen LogP contribution in [0.2, 0.25) is 0 Å². The lowest BCUT2D eigenvalue weighted by Crippen LogP contribution is -2.19. The maximum Gasteiger partial charge on any atom is 0.475 e. The van der Waals surface area contributed by atoms with Crippen molar-refractivity contribution >= 4 is 50.4 Å². The highest BCUT2D eigenvalue weighted by Gasteiger charge is 2.33. The molecule has 0 radical (unpaired) electrons. The lowest BCUT2D eigenvalue weighted by Gasteiger charge is -2.25. The summed E-state index contributed by atoms with van der Waals surface area (Å²) in [5.74, 6) is 0.545. The van der Waals surface area contributed by atoms with Crippen LogP contribution in [-0.4, -0.2) is 50.6 Å². The molecule has 13 heteroatoms. The Morgan fingerprint density at radius 3 is 1.09 bits per heavy atom. The van der Waals surface area contributed by atoms with Crippen LogP contribution in [0.15, 0.2) is 0 Å². The van der Waals surface area contributed by atoms with Crippen LogP contribution in [0.1, 0.15) is 20.8 Å². The van der Waals surface area contributed by atoms with Crippen LogP contribution in [0, 0.1) is 0 Å². The first kappa shape index (κ1) is 25.3. The SMILES string of the molecule is CC(CCl)OP(=O)(OC(C)CCl)OC(C)CCl.O=P(O)(O)O. The third kappa shape index (κ3) is 17.4. The molecule has 0 aromatic rings. The maximum absolute atomic E-state index is 12.3. The molecule has 0 aromatic heterocycles. The van der Waals surface area contributed by atoms with Crippen molar-refractivity contribution in [3.63, 3.8) is 0 Å². The average Bonchev–Trinajstić information content (AvgIpc) is 2.35. The predicted octanol–water partition coefficient (Wildman–Crippen LogP) is 3.10. The van der Waals surface area contributed by atoms with E-state index in [0.29, 0.717) is 0 Å². The smallest absolute Gasteiger partial charge is 0.303 e. The molecule has 0 saturated heterocycles. The Bertz CT molecular complexity index is 334. The Morgan fingerprint density at radius 1 is 0.773 bits per heavy atom. The predicted molar refractivity (Wildman–Crippen MR) is 85.7 cm³/mol. The third-order valence-electron chi connectivity index (χ3n) is 1.58. The molecule has 0 bridgehead atoms.